The van der Waals surface area contributed by atoms with Crippen LogP contribution in [0, 0.1) is 0 Å². The van der Waals surface area contributed by atoms with Crippen molar-refractivity contribution in [3.05, 3.63) is 82.6 Å². The van der Waals surface area contributed by atoms with E-state index in [4.69, 9.17) is 17.3 Å². The number of fused-ring (bicyclic) bond motifs is 2. The average molecular weight is 503 g/mol. The zero-order chi connectivity index (χ0) is 24.3. The van der Waals surface area contributed by atoms with E-state index in [0.29, 0.717) is 13.1 Å². The highest BCUT2D eigenvalue weighted by molar-refractivity contribution is 7.88. The number of nitrogens with one attached hydrogen (secondary N) is 2. The van der Waals surface area contributed by atoms with E-state index in [2.05, 4.69) is 33.8 Å². The van der Waals surface area contributed by atoms with E-state index in [1.165, 1.54) is 21.7 Å². The van der Waals surface area contributed by atoms with Gasteiger partial charge in [-0.1, -0.05) is 29.8 Å². The number of sulfonamides is 1. The molecule has 2 unspecified atom stereocenters. The maximum absolute atomic E-state index is 10.9. The summed E-state index contributed by atoms with van der Waals surface area (Å²) < 4.78 is 25.2. The van der Waals surface area contributed by atoms with Gasteiger partial charge in [-0.15, -0.1) is 0 Å². The van der Waals surface area contributed by atoms with E-state index < -0.39 is 10.0 Å². The molecule has 1 saturated heterocycles. The van der Waals surface area contributed by atoms with Crippen molar-refractivity contribution in [2.24, 2.45) is 12.8 Å². The molecule has 0 spiro atoms. The van der Waals surface area contributed by atoms with Crippen molar-refractivity contribution in [1.82, 2.24) is 24.5 Å². The molecule has 3 aliphatic rings. The second kappa shape index (κ2) is 10.5. The summed E-state index contributed by atoms with van der Waals surface area (Å²) in [5.74, 6) is 0. The monoisotopic (exact) mass is 502 g/mol. The summed E-state index contributed by atoms with van der Waals surface area (Å²) in [4.78, 5) is 4.21. The number of allylic oxidation sites excluding steroid dienone is 2. The fraction of sp³-hybridized carbons (Fsp3) is 0.375. The van der Waals surface area contributed by atoms with E-state index in [9.17, 15) is 8.42 Å². The predicted octanol–water partition coefficient (Wildman–Crippen LogP) is 1.98. The van der Waals surface area contributed by atoms with Crippen LogP contribution >= 0.6 is 11.6 Å². The van der Waals surface area contributed by atoms with Crippen LogP contribution in [-0.4, -0.2) is 60.8 Å². The molecule has 0 bridgehead atoms. The molecule has 8 nitrogen and oxygen atoms in total. The molecule has 10 heteroatoms. The number of dihydropyridines is 1. The van der Waals surface area contributed by atoms with Crippen molar-refractivity contribution >= 4 is 27.2 Å². The van der Waals surface area contributed by atoms with E-state index in [0.717, 1.165) is 41.4 Å². The molecule has 1 aromatic heterocycles. The largest absolute Gasteiger partial charge is 0.384 e. The molecule has 0 saturated carbocycles. The number of hydrogen-bond donors (Lipinski definition) is 3. The van der Waals surface area contributed by atoms with Gasteiger partial charge in [-0.3, -0.25) is 0 Å². The Morgan fingerprint density at radius 2 is 2.03 bits per heavy atom. The minimum Gasteiger partial charge on any atom is -0.384 e. The molecule has 0 radical (unpaired) electrons. The Kier molecular flexibility index (Phi) is 7.59. The minimum absolute atomic E-state index is 0.256. The summed E-state index contributed by atoms with van der Waals surface area (Å²) in [5.41, 5.74) is 12.3. The molecule has 5 rings (SSSR count). The van der Waals surface area contributed by atoms with Crippen LogP contribution in [0.4, 0.5) is 0 Å². The minimum atomic E-state index is -2.93. The molecule has 1 fully saturated rings. The first-order valence-electron chi connectivity index (χ1n) is 11.2. The molecule has 0 amide bonds. The second-order valence-electron chi connectivity index (χ2n) is 8.67. The van der Waals surface area contributed by atoms with Crippen LogP contribution in [0.3, 0.4) is 0 Å². The van der Waals surface area contributed by atoms with Gasteiger partial charge in [0.1, 0.15) is 0 Å². The molecule has 1 aromatic carbocycles. The van der Waals surface area contributed by atoms with Crippen LogP contribution in [0.2, 0.25) is 5.02 Å². The zero-order valence-electron chi connectivity index (χ0n) is 19.4. The van der Waals surface area contributed by atoms with Gasteiger partial charge in [-0.2, -0.15) is 4.31 Å². The molecule has 182 valence electrons. The Labute approximate surface area is 206 Å². The Hall–Kier alpha value is -2.43. The lowest BCUT2D eigenvalue weighted by atomic mass is 9.93. The Balaban J connectivity index is 0.000000231. The highest BCUT2D eigenvalue weighted by atomic mass is 35.5. The number of nitrogens with two attached hydrogens (primary N) is 1. The third-order valence-corrected chi connectivity index (χ3v) is 7.80. The smallest absolute Gasteiger partial charge is 0.211 e. The number of rotatable bonds is 3. The van der Waals surface area contributed by atoms with Gasteiger partial charge in [-0.25, -0.2) is 13.4 Å². The van der Waals surface area contributed by atoms with Crippen LogP contribution in [0.5, 0.6) is 0 Å². The van der Waals surface area contributed by atoms with Gasteiger partial charge >= 0.3 is 0 Å². The van der Waals surface area contributed by atoms with Crippen LogP contribution < -0.4 is 16.4 Å². The van der Waals surface area contributed by atoms with Crippen molar-refractivity contribution in [2.45, 2.75) is 18.5 Å². The fourth-order valence-corrected chi connectivity index (χ4v) is 5.42. The van der Waals surface area contributed by atoms with Crippen LogP contribution in [0.1, 0.15) is 22.9 Å². The van der Waals surface area contributed by atoms with Gasteiger partial charge in [0.25, 0.3) is 0 Å². The molecular formula is C24H31ClN6O2S. The van der Waals surface area contributed by atoms with Crippen LogP contribution in [-0.2, 0) is 23.5 Å². The Morgan fingerprint density at radius 1 is 1.26 bits per heavy atom. The van der Waals surface area contributed by atoms with Gasteiger partial charge in [-0.05, 0) is 53.1 Å². The number of aryl methyl sites for hydroxylation is 1. The van der Waals surface area contributed by atoms with Crippen molar-refractivity contribution in [2.75, 3.05) is 32.4 Å². The third kappa shape index (κ3) is 5.61. The molecule has 1 aliphatic carbocycles. The topological polar surface area (TPSA) is 105 Å². The van der Waals surface area contributed by atoms with E-state index in [-0.39, 0.29) is 12.1 Å². The average Bonchev–Trinajstić information content (AvgIpc) is 3.18. The number of piperazine rings is 1. The van der Waals surface area contributed by atoms with Crippen molar-refractivity contribution in [3.63, 3.8) is 0 Å². The number of halogens is 1. The Bertz CT molecular complexity index is 1230. The number of hydrogen-bond acceptors (Lipinski definition) is 6. The molecule has 2 aliphatic heterocycles. The standard InChI is InChI=1S/C19H19ClN4.C5H12N2O2S/c1-24-11-22-10-18(24)19(21)16-7-13-3-2-6-23-17(13)8-12-4-5-14(20)9-15(12)16;1-10(8,9)7-4-2-6-3-5-7/h2-7,9-11,17,19,23H,8,21H2,1H3;6H,2-5H2,1H3. The normalized spacial score (nSPS) is 21.0. The van der Waals surface area contributed by atoms with Crippen molar-refractivity contribution in [1.29, 1.82) is 0 Å². The summed E-state index contributed by atoms with van der Waals surface area (Å²) in [6, 6.07) is 6.06. The lowest BCUT2D eigenvalue weighted by Crippen LogP contribution is -2.45. The molecule has 3 heterocycles. The number of aromatic nitrogens is 2. The highest BCUT2D eigenvalue weighted by Gasteiger charge is 2.26. The van der Waals surface area contributed by atoms with Crippen molar-refractivity contribution in [3.8, 4) is 0 Å². The van der Waals surface area contributed by atoms with E-state index >= 15 is 0 Å². The first-order valence-corrected chi connectivity index (χ1v) is 13.5. The van der Waals surface area contributed by atoms with Gasteiger partial charge in [0.2, 0.25) is 10.0 Å². The van der Waals surface area contributed by atoms with Gasteiger partial charge in [0, 0.05) is 38.2 Å². The lowest BCUT2D eigenvalue weighted by Gasteiger charge is -2.24. The summed E-state index contributed by atoms with van der Waals surface area (Å²) in [6.45, 7) is 2.76. The molecule has 2 aromatic rings. The number of benzene rings is 1. The quantitative estimate of drug-likeness (QED) is 0.592. The first-order chi connectivity index (χ1) is 16.2. The van der Waals surface area contributed by atoms with Crippen LogP contribution in [0.15, 0.2) is 60.7 Å². The number of nitrogens with zero attached hydrogens (tertiary/aromatic N) is 3. The van der Waals surface area contributed by atoms with Crippen LogP contribution in [0.25, 0.3) is 5.57 Å². The maximum atomic E-state index is 10.9. The van der Waals surface area contributed by atoms with E-state index in [1.54, 1.807) is 6.33 Å². The fourth-order valence-electron chi connectivity index (χ4n) is 4.40. The van der Waals surface area contributed by atoms with Gasteiger partial charge < -0.3 is 20.9 Å². The third-order valence-electron chi connectivity index (χ3n) is 6.27. The number of imidazole rings is 1. The summed E-state index contributed by atoms with van der Waals surface area (Å²) in [6.07, 6.45) is 14.1. The first kappa shape index (κ1) is 24.7. The van der Waals surface area contributed by atoms with Crippen molar-refractivity contribution < 1.29 is 8.42 Å². The van der Waals surface area contributed by atoms with Gasteiger partial charge in [0.15, 0.2) is 0 Å². The predicted molar refractivity (Wildman–Crippen MR) is 137 cm³/mol. The molecule has 34 heavy (non-hydrogen) atoms. The zero-order valence-corrected chi connectivity index (χ0v) is 21.0. The molecular weight excluding hydrogens is 472 g/mol. The van der Waals surface area contributed by atoms with E-state index in [1.807, 2.05) is 42.2 Å². The summed E-state index contributed by atoms with van der Waals surface area (Å²) in [7, 11) is -0.969. The maximum Gasteiger partial charge on any atom is 0.211 e. The second-order valence-corrected chi connectivity index (χ2v) is 11.1. The van der Waals surface area contributed by atoms with Gasteiger partial charge in [0.05, 0.1) is 36.6 Å². The summed E-state index contributed by atoms with van der Waals surface area (Å²) in [5, 5.41) is 7.24. The SMILES string of the molecule is CS(=O)(=O)N1CCNCC1.Cn1cncc1C(N)C1=CC2=CC=CNC2Cc2ccc(Cl)cc21. The Morgan fingerprint density at radius 3 is 2.68 bits per heavy atom. The molecule has 2 atom stereocenters. The highest BCUT2D eigenvalue weighted by Crippen LogP contribution is 2.37. The summed E-state index contributed by atoms with van der Waals surface area (Å²) >= 11 is 6.28. The molecule has 4 N–H and O–H groups in total. The lowest BCUT2D eigenvalue weighted by molar-refractivity contribution is 0.363.